The molecule has 0 bridgehead atoms. The van der Waals surface area contributed by atoms with Gasteiger partial charge in [0.15, 0.2) is 0 Å². The van der Waals surface area contributed by atoms with Crippen LogP contribution in [0.4, 0.5) is 0 Å². The van der Waals surface area contributed by atoms with Crippen molar-refractivity contribution in [1.29, 1.82) is 0 Å². The van der Waals surface area contributed by atoms with Crippen molar-refractivity contribution >= 4 is 5.97 Å². The summed E-state index contributed by atoms with van der Waals surface area (Å²) in [7, 11) is 1.66. The van der Waals surface area contributed by atoms with Crippen LogP contribution >= 0.6 is 0 Å². The first-order valence-electron chi connectivity index (χ1n) is 7.11. The molecule has 0 aliphatic heterocycles. The number of rotatable bonds is 3. The van der Waals surface area contributed by atoms with Crippen molar-refractivity contribution in [2.75, 3.05) is 7.11 Å². The van der Waals surface area contributed by atoms with Crippen LogP contribution in [0.15, 0.2) is 42.5 Å². The zero-order chi connectivity index (χ0) is 14.8. The summed E-state index contributed by atoms with van der Waals surface area (Å²) in [5, 5.41) is 11.1. The molecule has 0 fully saturated rings. The molecular formula is C18H17O3-. The van der Waals surface area contributed by atoms with Gasteiger partial charge in [-0.2, -0.15) is 0 Å². The van der Waals surface area contributed by atoms with E-state index in [4.69, 9.17) is 4.74 Å². The van der Waals surface area contributed by atoms with Gasteiger partial charge in [0.1, 0.15) is 5.75 Å². The minimum atomic E-state index is -0.994. The Balaban J connectivity index is 2.07. The number of carbonyl (C=O) groups excluding carboxylic acids is 1. The maximum Gasteiger partial charge on any atom is 0.119 e. The van der Waals surface area contributed by atoms with Crippen LogP contribution < -0.4 is 9.84 Å². The minimum Gasteiger partial charge on any atom is -0.550 e. The van der Waals surface area contributed by atoms with Gasteiger partial charge in [0.05, 0.1) is 7.11 Å². The van der Waals surface area contributed by atoms with E-state index in [2.05, 4.69) is 6.07 Å². The van der Waals surface area contributed by atoms with Gasteiger partial charge in [0, 0.05) is 5.97 Å². The van der Waals surface area contributed by atoms with Gasteiger partial charge in [0.2, 0.25) is 0 Å². The van der Waals surface area contributed by atoms with Crippen LogP contribution in [0, 0.1) is 0 Å². The zero-order valence-corrected chi connectivity index (χ0v) is 12.0. The Hall–Kier alpha value is -2.29. The Kier molecular flexibility index (Phi) is 3.65. The SMILES string of the molecule is COc1ccc2c(c1)Cc1ccccc1C(CC(=O)[O-])C2. The molecule has 2 aromatic rings. The van der Waals surface area contributed by atoms with Gasteiger partial charge in [0.25, 0.3) is 0 Å². The third-order valence-corrected chi connectivity index (χ3v) is 4.17. The number of hydrogen-bond acceptors (Lipinski definition) is 3. The monoisotopic (exact) mass is 281 g/mol. The molecule has 3 heteroatoms. The van der Waals surface area contributed by atoms with E-state index in [0.29, 0.717) is 0 Å². The van der Waals surface area contributed by atoms with Crippen LogP contribution in [0.3, 0.4) is 0 Å². The summed E-state index contributed by atoms with van der Waals surface area (Å²) in [5.74, 6) is -0.183. The van der Waals surface area contributed by atoms with E-state index >= 15 is 0 Å². The van der Waals surface area contributed by atoms with Gasteiger partial charge < -0.3 is 14.6 Å². The average molecular weight is 281 g/mol. The number of carboxylic acid groups (broad SMARTS) is 1. The van der Waals surface area contributed by atoms with Crippen molar-refractivity contribution in [2.45, 2.75) is 25.2 Å². The molecule has 1 aliphatic rings. The van der Waals surface area contributed by atoms with Gasteiger partial charge in [-0.05, 0) is 59.6 Å². The quantitative estimate of drug-likeness (QED) is 0.865. The maximum absolute atomic E-state index is 11.1. The van der Waals surface area contributed by atoms with Crippen LogP contribution in [0.2, 0.25) is 0 Å². The zero-order valence-electron chi connectivity index (χ0n) is 12.0. The van der Waals surface area contributed by atoms with E-state index < -0.39 is 5.97 Å². The third kappa shape index (κ3) is 2.77. The number of hydrogen-bond donors (Lipinski definition) is 0. The number of carbonyl (C=O) groups is 1. The molecule has 0 N–H and O–H groups in total. The molecule has 0 heterocycles. The molecule has 0 amide bonds. The summed E-state index contributed by atoms with van der Waals surface area (Å²) in [6, 6.07) is 14.1. The first-order chi connectivity index (χ1) is 10.2. The second-order valence-electron chi connectivity index (χ2n) is 5.49. The largest absolute Gasteiger partial charge is 0.550 e. The van der Waals surface area contributed by atoms with Crippen LogP contribution in [0.25, 0.3) is 0 Å². The number of fused-ring (bicyclic) bond motifs is 2. The van der Waals surface area contributed by atoms with Crippen LogP contribution in [0.1, 0.15) is 34.6 Å². The lowest BCUT2D eigenvalue weighted by Gasteiger charge is -2.18. The second-order valence-corrected chi connectivity index (χ2v) is 5.49. The van der Waals surface area contributed by atoms with Crippen molar-refractivity contribution in [3.63, 3.8) is 0 Å². The number of methoxy groups -OCH3 is 1. The van der Waals surface area contributed by atoms with E-state index in [1.807, 2.05) is 36.4 Å². The summed E-state index contributed by atoms with van der Waals surface area (Å²) in [4.78, 5) is 11.1. The van der Waals surface area contributed by atoms with Crippen molar-refractivity contribution in [2.24, 2.45) is 0 Å². The predicted molar refractivity (Wildman–Crippen MR) is 78.3 cm³/mol. The molecule has 1 aliphatic carbocycles. The maximum atomic E-state index is 11.1. The Morgan fingerprint density at radius 3 is 2.76 bits per heavy atom. The third-order valence-electron chi connectivity index (χ3n) is 4.17. The summed E-state index contributed by atoms with van der Waals surface area (Å²) in [5.41, 5.74) is 4.72. The number of benzene rings is 2. The van der Waals surface area contributed by atoms with Gasteiger partial charge in [-0.25, -0.2) is 0 Å². The van der Waals surface area contributed by atoms with Crippen LogP contribution in [-0.4, -0.2) is 13.1 Å². The van der Waals surface area contributed by atoms with Gasteiger partial charge in [-0.1, -0.05) is 30.3 Å². The molecule has 1 atom stereocenters. The highest BCUT2D eigenvalue weighted by Crippen LogP contribution is 2.35. The average Bonchev–Trinajstić information content (AvgIpc) is 2.62. The van der Waals surface area contributed by atoms with E-state index in [9.17, 15) is 9.90 Å². The fourth-order valence-electron chi connectivity index (χ4n) is 3.15. The van der Waals surface area contributed by atoms with Gasteiger partial charge >= 0.3 is 0 Å². The summed E-state index contributed by atoms with van der Waals surface area (Å²) >= 11 is 0. The summed E-state index contributed by atoms with van der Waals surface area (Å²) < 4.78 is 5.30. The normalized spacial score (nSPS) is 16.5. The van der Waals surface area contributed by atoms with Crippen molar-refractivity contribution in [1.82, 2.24) is 0 Å². The Bertz CT molecular complexity index is 676. The second kappa shape index (κ2) is 5.60. The van der Waals surface area contributed by atoms with Crippen molar-refractivity contribution in [3.05, 3.63) is 64.7 Å². The Morgan fingerprint density at radius 1 is 1.19 bits per heavy atom. The van der Waals surface area contributed by atoms with Gasteiger partial charge in [-0.15, -0.1) is 0 Å². The molecule has 108 valence electrons. The van der Waals surface area contributed by atoms with E-state index in [1.165, 1.54) is 16.7 Å². The predicted octanol–water partition coefficient (Wildman–Crippen LogP) is 2.07. The minimum absolute atomic E-state index is 0.0270. The standard InChI is InChI=1S/C18H18O3/c1-21-16-7-6-12-8-15(11-18(19)20)17-5-3-2-4-13(17)9-14(12)10-16/h2-7,10,15H,8-9,11H2,1H3,(H,19,20)/p-1. The topological polar surface area (TPSA) is 49.4 Å². The molecule has 3 rings (SSSR count). The first kappa shape index (κ1) is 13.7. The molecule has 0 spiro atoms. The van der Waals surface area contributed by atoms with Crippen molar-refractivity contribution in [3.8, 4) is 5.75 Å². The molecule has 1 unspecified atom stereocenters. The smallest absolute Gasteiger partial charge is 0.119 e. The van der Waals surface area contributed by atoms with Crippen LogP contribution in [0.5, 0.6) is 5.75 Å². The molecule has 0 radical (unpaired) electrons. The lowest BCUT2D eigenvalue weighted by atomic mass is 9.89. The Morgan fingerprint density at radius 2 is 2.00 bits per heavy atom. The lowest BCUT2D eigenvalue weighted by Crippen LogP contribution is -2.25. The lowest BCUT2D eigenvalue weighted by molar-refractivity contribution is -0.306. The van der Waals surface area contributed by atoms with Gasteiger partial charge in [-0.3, -0.25) is 0 Å². The highest BCUT2D eigenvalue weighted by Gasteiger charge is 2.22. The van der Waals surface area contributed by atoms with E-state index in [-0.39, 0.29) is 12.3 Å². The Labute approximate surface area is 124 Å². The first-order valence-corrected chi connectivity index (χ1v) is 7.11. The summed E-state index contributed by atoms with van der Waals surface area (Å²) in [6.45, 7) is 0. The molecule has 0 aromatic heterocycles. The molecule has 2 aromatic carbocycles. The number of ether oxygens (including phenoxy) is 1. The molecule has 0 saturated heterocycles. The number of aliphatic carboxylic acids is 1. The molecule has 0 saturated carbocycles. The highest BCUT2D eigenvalue weighted by atomic mass is 16.5. The summed E-state index contributed by atoms with van der Waals surface area (Å²) in [6.07, 6.45) is 1.60. The molecule has 21 heavy (non-hydrogen) atoms. The van der Waals surface area contributed by atoms with Crippen LogP contribution in [-0.2, 0) is 17.6 Å². The van der Waals surface area contributed by atoms with E-state index in [1.54, 1.807) is 7.11 Å². The fraction of sp³-hybridized carbons (Fsp3) is 0.278. The van der Waals surface area contributed by atoms with Crippen molar-refractivity contribution < 1.29 is 14.6 Å². The highest BCUT2D eigenvalue weighted by molar-refractivity contribution is 5.66. The molecular weight excluding hydrogens is 264 g/mol. The fourth-order valence-corrected chi connectivity index (χ4v) is 3.15. The van der Waals surface area contributed by atoms with E-state index in [0.717, 1.165) is 24.2 Å². The molecule has 3 nitrogen and oxygen atoms in total. The number of carboxylic acids is 1.